The monoisotopic (exact) mass is 353 g/mol. The third-order valence-corrected chi connectivity index (χ3v) is 5.67. The first-order valence-corrected chi connectivity index (χ1v) is 9.33. The molecule has 5 nitrogen and oxygen atoms in total. The number of carbonyl (C=O) groups is 1. The molecule has 0 radical (unpaired) electrons. The zero-order chi connectivity index (χ0) is 17.2. The summed E-state index contributed by atoms with van der Waals surface area (Å²) < 4.78 is 5.48. The Balaban J connectivity index is 1.42. The van der Waals surface area contributed by atoms with Gasteiger partial charge in [-0.3, -0.25) is 4.79 Å². The Morgan fingerprint density at radius 1 is 1.20 bits per heavy atom. The molecule has 2 aromatic heterocycles. The molecule has 1 aromatic carbocycles. The molecule has 0 atom stereocenters. The molecule has 25 heavy (non-hydrogen) atoms. The van der Waals surface area contributed by atoms with Gasteiger partial charge in [-0.1, -0.05) is 35.5 Å². The zero-order valence-corrected chi connectivity index (χ0v) is 14.8. The lowest BCUT2D eigenvalue weighted by Crippen LogP contribution is -2.37. The molecule has 128 valence electrons. The highest BCUT2D eigenvalue weighted by Crippen LogP contribution is 2.30. The van der Waals surface area contributed by atoms with Gasteiger partial charge in [0.15, 0.2) is 0 Å². The minimum absolute atomic E-state index is 0.140. The van der Waals surface area contributed by atoms with Crippen LogP contribution >= 0.6 is 11.3 Å². The van der Waals surface area contributed by atoms with Gasteiger partial charge in [-0.2, -0.15) is 4.98 Å². The van der Waals surface area contributed by atoms with Crippen LogP contribution in [0, 0.1) is 6.92 Å². The van der Waals surface area contributed by atoms with Gasteiger partial charge in [0.2, 0.25) is 11.7 Å². The third-order valence-electron chi connectivity index (χ3n) is 4.66. The normalized spacial score (nSPS) is 15.5. The molecule has 0 bridgehead atoms. The van der Waals surface area contributed by atoms with E-state index in [-0.39, 0.29) is 11.8 Å². The predicted molar refractivity (Wildman–Crippen MR) is 96.7 cm³/mol. The van der Waals surface area contributed by atoms with Crippen LogP contribution in [0.2, 0.25) is 0 Å². The molecule has 1 saturated heterocycles. The minimum atomic E-state index is 0.140. The summed E-state index contributed by atoms with van der Waals surface area (Å²) in [4.78, 5) is 19.9. The van der Waals surface area contributed by atoms with E-state index >= 15 is 0 Å². The molecule has 6 heteroatoms. The fourth-order valence-electron chi connectivity index (χ4n) is 3.17. The van der Waals surface area contributed by atoms with Gasteiger partial charge in [-0.25, -0.2) is 0 Å². The van der Waals surface area contributed by atoms with Crippen molar-refractivity contribution in [3.63, 3.8) is 0 Å². The molecule has 3 heterocycles. The maximum atomic E-state index is 12.6. The Morgan fingerprint density at radius 2 is 1.96 bits per heavy atom. The Kier molecular flexibility index (Phi) is 4.36. The first kappa shape index (κ1) is 16.0. The summed E-state index contributed by atoms with van der Waals surface area (Å²) in [5.74, 6) is 1.67. The first-order chi connectivity index (χ1) is 12.2. The number of hydrogen-bond donors (Lipinski definition) is 0. The number of piperidine rings is 1. The van der Waals surface area contributed by atoms with Gasteiger partial charge in [0.1, 0.15) is 0 Å². The van der Waals surface area contributed by atoms with Gasteiger partial charge in [0.25, 0.3) is 5.91 Å². The zero-order valence-electron chi connectivity index (χ0n) is 14.0. The molecule has 3 aromatic rings. The van der Waals surface area contributed by atoms with Crippen LogP contribution in [0.1, 0.15) is 39.9 Å². The van der Waals surface area contributed by atoms with E-state index in [4.69, 9.17) is 4.52 Å². The van der Waals surface area contributed by atoms with Crippen LogP contribution in [-0.4, -0.2) is 34.0 Å². The third kappa shape index (κ3) is 3.22. The Hall–Kier alpha value is -2.47. The summed E-state index contributed by atoms with van der Waals surface area (Å²) in [6.45, 7) is 3.44. The summed E-state index contributed by atoms with van der Waals surface area (Å²) in [5, 5.41) is 6.07. The number of aromatic nitrogens is 2. The van der Waals surface area contributed by atoms with E-state index in [0.717, 1.165) is 41.9 Å². The van der Waals surface area contributed by atoms with Crippen molar-refractivity contribution in [3.05, 3.63) is 58.1 Å². The van der Waals surface area contributed by atoms with Crippen molar-refractivity contribution in [2.75, 3.05) is 13.1 Å². The maximum absolute atomic E-state index is 12.6. The summed E-state index contributed by atoms with van der Waals surface area (Å²) in [6, 6.07) is 11.8. The highest BCUT2D eigenvalue weighted by Gasteiger charge is 2.29. The van der Waals surface area contributed by atoms with Crippen molar-refractivity contribution >= 4 is 17.2 Å². The van der Waals surface area contributed by atoms with Gasteiger partial charge in [0.05, 0.1) is 4.88 Å². The van der Waals surface area contributed by atoms with Crippen molar-refractivity contribution in [3.8, 4) is 11.4 Å². The van der Waals surface area contributed by atoms with E-state index in [1.165, 1.54) is 11.3 Å². The highest BCUT2D eigenvalue weighted by atomic mass is 32.1. The van der Waals surface area contributed by atoms with Crippen LogP contribution in [0.3, 0.4) is 0 Å². The Bertz CT molecular complexity index is 864. The van der Waals surface area contributed by atoms with E-state index < -0.39 is 0 Å². The number of amides is 1. The lowest BCUT2D eigenvalue weighted by molar-refractivity contribution is 0.0709. The minimum Gasteiger partial charge on any atom is -0.339 e. The van der Waals surface area contributed by atoms with Crippen molar-refractivity contribution in [2.24, 2.45) is 0 Å². The molecule has 1 fully saturated rings. The summed E-state index contributed by atoms with van der Waals surface area (Å²) in [7, 11) is 0. The van der Waals surface area contributed by atoms with Crippen LogP contribution in [0.4, 0.5) is 0 Å². The number of thiophene rings is 1. The summed E-state index contributed by atoms with van der Waals surface area (Å²) in [6.07, 6.45) is 1.71. The van der Waals surface area contributed by atoms with Crippen molar-refractivity contribution in [1.29, 1.82) is 0 Å². The Labute approximate surface area is 150 Å². The predicted octanol–water partition coefficient (Wildman–Crippen LogP) is 4.13. The molecule has 0 N–H and O–H groups in total. The molecule has 1 aliphatic heterocycles. The molecule has 4 rings (SSSR count). The fraction of sp³-hybridized carbons (Fsp3) is 0.316. The van der Waals surface area contributed by atoms with Gasteiger partial charge in [-0.05, 0) is 36.8 Å². The van der Waals surface area contributed by atoms with Gasteiger partial charge in [0, 0.05) is 24.6 Å². The van der Waals surface area contributed by atoms with E-state index in [1.54, 1.807) is 0 Å². The van der Waals surface area contributed by atoms with Crippen LogP contribution in [0.15, 0.2) is 46.3 Å². The van der Waals surface area contributed by atoms with Crippen LogP contribution < -0.4 is 0 Å². The largest absolute Gasteiger partial charge is 0.339 e. The van der Waals surface area contributed by atoms with Gasteiger partial charge >= 0.3 is 0 Å². The lowest BCUT2D eigenvalue weighted by Gasteiger charge is -2.30. The quantitative estimate of drug-likeness (QED) is 0.710. The van der Waals surface area contributed by atoms with Crippen LogP contribution in [0.5, 0.6) is 0 Å². The smallest absolute Gasteiger partial charge is 0.264 e. The Morgan fingerprint density at radius 3 is 2.64 bits per heavy atom. The van der Waals surface area contributed by atoms with Gasteiger partial charge in [-0.15, -0.1) is 11.3 Å². The molecule has 0 unspecified atom stereocenters. The van der Waals surface area contributed by atoms with Crippen LogP contribution in [0.25, 0.3) is 11.4 Å². The van der Waals surface area contributed by atoms with Crippen LogP contribution in [-0.2, 0) is 0 Å². The summed E-state index contributed by atoms with van der Waals surface area (Å²) >= 11 is 1.52. The standard InChI is InChI=1S/C19H19N3O2S/c1-13-9-12-25-16(13)19(23)22-10-7-15(8-11-22)18-20-17(21-24-18)14-5-3-2-4-6-14/h2-6,9,12,15H,7-8,10-11H2,1H3. The number of nitrogens with zero attached hydrogens (tertiary/aromatic N) is 3. The molecule has 0 aliphatic carbocycles. The first-order valence-electron chi connectivity index (χ1n) is 8.45. The molecular weight excluding hydrogens is 334 g/mol. The highest BCUT2D eigenvalue weighted by molar-refractivity contribution is 7.12. The molecule has 1 amide bonds. The average molecular weight is 353 g/mol. The number of aryl methyl sites for hydroxylation is 1. The number of rotatable bonds is 3. The van der Waals surface area contributed by atoms with E-state index in [1.807, 2.05) is 53.6 Å². The SMILES string of the molecule is Cc1ccsc1C(=O)N1CCC(c2nc(-c3ccccc3)no2)CC1. The number of benzene rings is 1. The molecule has 0 saturated carbocycles. The van der Waals surface area contributed by atoms with E-state index in [0.29, 0.717) is 11.7 Å². The number of likely N-dealkylation sites (tertiary alicyclic amines) is 1. The second-order valence-corrected chi connectivity index (χ2v) is 7.24. The molecule has 0 spiro atoms. The fourth-order valence-corrected chi connectivity index (χ4v) is 4.06. The summed E-state index contributed by atoms with van der Waals surface area (Å²) in [5.41, 5.74) is 2.01. The molecule has 1 aliphatic rings. The van der Waals surface area contributed by atoms with Crippen molar-refractivity contribution < 1.29 is 9.32 Å². The maximum Gasteiger partial charge on any atom is 0.264 e. The van der Waals surface area contributed by atoms with Crippen molar-refractivity contribution in [1.82, 2.24) is 15.0 Å². The second kappa shape index (κ2) is 6.80. The average Bonchev–Trinajstić information content (AvgIpc) is 3.31. The number of carbonyl (C=O) groups excluding carboxylic acids is 1. The van der Waals surface area contributed by atoms with E-state index in [2.05, 4.69) is 10.1 Å². The number of hydrogen-bond acceptors (Lipinski definition) is 5. The van der Waals surface area contributed by atoms with Crippen molar-refractivity contribution in [2.45, 2.75) is 25.7 Å². The topological polar surface area (TPSA) is 59.2 Å². The van der Waals surface area contributed by atoms with E-state index in [9.17, 15) is 4.79 Å². The lowest BCUT2D eigenvalue weighted by atomic mass is 9.96. The van der Waals surface area contributed by atoms with Gasteiger partial charge < -0.3 is 9.42 Å². The molecular formula is C19H19N3O2S. The second-order valence-electron chi connectivity index (χ2n) is 6.32.